The zero-order valence-electron chi connectivity index (χ0n) is 17.6. The van der Waals surface area contributed by atoms with Crippen LogP contribution in [0.1, 0.15) is 77.0 Å². The summed E-state index contributed by atoms with van der Waals surface area (Å²) >= 11 is 10.0. The molecule has 0 N–H and O–H groups in total. The molecule has 0 radical (unpaired) electrons. The van der Waals surface area contributed by atoms with Crippen molar-refractivity contribution in [1.82, 2.24) is 0 Å². The van der Waals surface area contributed by atoms with Gasteiger partial charge < -0.3 is 29.7 Å². The molecule has 0 heterocycles. The standard InChI is InChI=1S/3C7H11BrO2.Al/c3*8-6-4-2-1-3-5(6)7(9)10;/h3*5-6H,1-4H2,(H,9,10);/q;;;+3/p-3. The molecule has 3 saturated carbocycles. The van der Waals surface area contributed by atoms with Gasteiger partial charge in [-0.1, -0.05) is 86.3 Å². The van der Waals surface area contributed by atoms with E-state index in [0.717, 1.165) is 77.0 Å². The summed E-state index contributed by atoms with van der Waals surface area (Å²) in [6.07, 6.45) is 11.7. The fourth-order valence-electron chi connectivity index (χ4n) is 4.05. The summed E-state index contributed by atoms with van der Waals surface area (Å²) < 4.78 is 0. The second-order valence-corrected chi connectivity index (χ2v) is 11.7. The molecule has 0 aliphatic heterocycles. The van der Waals surface area contributed by atoms with E-state index in [0.29, 0.717) is 0 Å². The van der Waals surface area contributed by atoms with Crippen LogP contribution >= 0.6 is 47.8 Å². The van der Waals surface area contributed by atoms with Crippen molar-refractivity contribution in [2.45, 2.75) is 91.5 Å². The molecule has 6 unspecified atom stereocenters. The van der Waals surface area contributed by atoms with Crippen molar-refractivity contribution < 1.29 is 29.7 Å². The van der Waals surface area contributed by atoms with E-state index in [1.54, 1.807) is 0 Å². The van der Waals surface area contributed by atoms with E-state index < -0.39 is 17.9 Å². The van der Waals surface area contributed by atoms with Crippen LogP contribution in [0.25, 0.3) is 0 Å². The third-order valence-corrected chi connectivity index (χ3v) is 9.24. The van der Waals surface area contributed by atoms with Gasteiger partial charge in [-0.15, -0.1) is 0 Å². The Bertz CT molecular complexity index is 489. The zero-order valence-corrected chi connectivity index (χ0v) is 23.5. The summed E-state index contributed by atoms with van der Waals surface area (Å²) in [6, 6.07) is 0. The van der Waals surface area contributed by atoms with Crippen molar-refractivity contribution in [3.05, 3.63) is 0 Å². The van der Waals surface area contributed by atoms with Crippen LogP contribution in [-0.2, 0) is 14.4 Å². The van der Waals surface area contributed by atoms with Crippen LogP contribution in [0.4, 0.5) is 0 Å². The normalized spacial score (nSPS) is 32.6. The second kappa shape index (κ2) is 16.9. The largest absolute Gasteiger partial charge is 3.00 e. The summed E-state index contributed by atoms with van der Waals surface area (Å²) in [6.45, 7) is 0. The molecule has 0 aromatic rings. The van der Waals surface area contributed by atoms with Gasteiger partial charge in [0.2, 0.25) is 0 Å². The molecule has 31 heavy (non-hydrogen) atoms. The molecule has 6 nitrogen and oxygen atoms in total. The number of hydrogen-bond donors (Lipinski definition) is 0. The van der Waals surface area contributed by atoms with Crippen LogP contribution in [-0.4, -0.2) is 49.8 Å². The number of carboxylic acid groups (broad SMARTS) is 3. The van der Waals surface area contributed by atoms with E-state index in [-0.39, 0.29) is 49.6 Å². The van der Waals surface area contributed by atoms with Gasteiger partial charge in [0.05, 0.1) is 0 Å². The molecule has 3 aliphatic rings. The van der Waals surface area contributed by atoms with Crippen molar-refractivity contribution in [2.24, 2.45) is 17.8 Å². The number of aliphatic carboxylic acids is 3. The maximum Gasteiger partial charge on any atom is 3.00 e. The van der Waals surface area contributed by atoms with Gasteiger partial charge in [-0.3, -0.25) is 0 Å². The summed E-state index contributed by atoms with van der Waals surface area (Å²) in [5.74, 6) is -3.47. The number of carboxylic acids is 3. The molecular formula is C21H30AlBr3O6. The minimum atomic E-state index is -0.901. The first-order valence-electron chi connectivity index (χ1n) is 10.7. The quantitative estimate of drug-likeness (QED) is 0.341. The number of hydrogen-bond acceptors (Lipinski definition) is 6. The van der Waals surface area contributed by atoms with E-state index in [9.17, 15) is 29.7 Å². The monoisotopic (exact) mass is 642 g/mol. The zero-order chi connectivity index (χ0) is 22.7. The molecule has 0 amide bonds. The molecule has 3 rings (SSSR count). The first-order valence-corrected chi connectivity index (χ1v) is 13.4. The number of carbonyl (C=O) groups excluding carboxylic acids is 3. The number of alkyl halides is 3. The van der Waals surface area contributed by atoms with Crippen LogP contribution in [0.15, 0.2) is 0 Å². The molecule has 0 aromatic heterocycles. The van der Waals surface area contributed by atoms with Crippen LogP contribution in [0.5, 0.6) is 0 Å². The van der Waals surface area contributed by atoms with Gasteiger partial charge in [-0.05, 0) is 38.5 Å². The Kier molecular flexibility index (Phi) is 17.1. The van der Waals surface area contributed by atoms with Crippen molar-refractivity contribution in [1.29, 1.82) is 0 Å². The van der Waals surface area contributed by atoms with Gasteiger partial charge in [0.15, 0.2) is 0 Å². The SMILES string of the molecule is O=C([O-])C1CCCCC1Br.O=C([O-])C1CCCCC1Br.O=C([O-])C1CCCCC1Br.[Al+3]. The van der Waals surface area contributed by atoms with Gasteiger partial charge in [-0.25, -0.2) is 0 Å². The first-order chi connectivity index (χ1) is 14.1. The molecular weight excluding hydrogens is 615 g/mol. The average Bonchev–Trinajstić information content (AvgIpc) is 2.69. The fourth-order valence-corrected chi connectivity index (χ4v) is 6.47. The molecule has 3 aliphatic carbocycles. The molecule has 6 atom stereocenters. The average molecular weight is 645 g/mol. The van der Waals surface area contributed by atoms with Crippen LogP contribution in [0.3, 0.4) is 0 Å². The van der Waals surface area contributed by atoms with Crippen molar-refractivity contribution in [3.63, 3.8) is 0 Å². The Morgan fingerprint density at radius 3 is 0.806 bits per heavy atom. The van der Waals surface area contributed by atoms with Crippen LogP contribution in [0.2, 0.25) is 0 Å². The minimum absolute atomic E-state index is 0. The molecule has 0 spiro atoms. The molecule has 3 fully saturated rings. The Morgan fingerprint density at radius 1 is 0.484 bits per heavy atom. The van der Waals surface area contributed by atoms with E-state index in [1.165, 1.54) is 0 Å². The number of halogens is 3. The summed E-state index contributed by atoms with van der Waals surface area (Å²) in [7, 11) is 0. The van der Waals surface area contributed by atoms with Gasteiger partial charge >= 0.3 is 17.4 Å². The van der Waals surface area contributed by atoms with E-state index >= 15 is 0 Å². The van der Waals surface area contributed by atoms with Crippen molar-refractivity contribution in [3.8, 4) is 0 Å². The molecule has 174 valence electrons. The van der Waals surface area contributed by atoms with Gasteiger partial charge in [0.25, 0.3) is 0 Å². The number of carbonyl (C=O) groups is 3. The summed E-state index contributed by atoms with van der Waals surface area (Å²) in [5.41, 5.74) is 0. The molecule has 0 bridgehead atoms. The van der Waals surface area contributed by atoms with Crippen LogP contribution < -0.4 is 15.3 Å². The van der Waals surface area contributed by atoms with E-state index in [1.807, 2.05) is 0 Å². The van der Waals surface area contributed by atoms with E-state index in [4.69, 9.17) is 0 Å². The van der Waals surface area contributed by atoms with Gasteiger partial charge in [0, 0.05) is 50.1 Å². The Hall–Kier alpha value is 0.382. The smallest absolute Gasteiger partial charge is 0.550 e. The Morgan fingerprint density at radius 2 is 0.677 bits per heavy atom. The van der Waals surface area contributed by atoms with Crippen molar-refractivity contribution in [2.75, 3.05) is 0 Å². The Balaban J connectivity index is 0.000000429. The molecule has 10 heteroatoms. The Labute approximate surface area is 220 Å². The summed E-state index contributed by atoms with van der Waals surface area (Å²) in [5, 5.41) is 31.3. The van der Waals surface area contributed by atoms with Crippen LogP contribution in [0, 0.1) is 17.8 Å². The maximum absolute atomic E-state index is 10.4. The minimum Gasteiger partial charge on any atom is -0.550 e. The van der Waals surface area contributed by atoms with Crippen molar-refractivity contribution >= 4 is 83.1 Å². The van der Waals surface area contributed by atoms with E-state index in [2.05, 4.69) is 47.8 Å². The second-order valence-electron chi connectivity index (χ2n) is 8.18. The third-order valence-electron chi connectivity index (χ3n) is 5.95. The first kappa shape index (κ1) is 31.4. The fraction of sp³-hybridized carbons (Fsp3) is 0.857. The van der Waals surface area contributed by atoms with Gasteiger partial charge in [-0.2, -0.15) is 0 Å². The molecule has 0 saturated heterocycles. The predicted octanol–water partition coefficient (Wildman–Crippen LogP) is 1.69. The number of rotatable bonds is 3. The topological polar surface area (TPSA) is 120 Å². The van der Waals surface area contributed by atoms with Gasteiger partial charge in [0.1, 0.15) is 0 Å². The third kappa shape index (κ3) is 11.9. The predicted molar refractivity (Wildman–Crippen MR) is 125 cm³/mol. The maximum atomic E-state index is 10.4. The summed E-state index contributed by atoms with van der Waals surface area (Å²) in [4.78, 5) is 31.7. The molecule has 0 aromatic carbocycles.